The van der Waals surface area contributed by atoms with Gasteiger partial charge in [0.1, 0.15) is 30.0 Å². The smallest absolute Gasteiger partial charge is 0.350 e. The fraction of sp³-hybridized carbons (Fsp3) is 0.518. The van der Waals surface area contributed by atoms with Crippen LogP contribution in [0.25, 0.3) is 0 Å². The standard InChI is InChI=1S/C56H67NO15/c1-8-9-10-11-12-22-29-42(61)70-46(44(36-23-16-13-17-24-36)57-50(63)37-25-18-14-19-26-37)52(65)69-39-31-56(66)49(71-51(64)38-27-20-15-21-28-38)47-54(7,40(60)30-41-55(47,32-67-41)72-35(4)59)48(62)45(68-34(3)58)43(33(39)2)53(56,5)6/h13-21,23-28,39-41,44-47,49,60,66H,8-12,22,29-32H2,1-7H3,(H,57,63)/t39-,40-,41+,44-,45+,46+,47?,49?,54+,55-,56+/m0/s1. The van der Waals surface area contributed by atoms with Crippen molar-refractivity contribution in [3.05, 3.63) is 119 Å². The molecule has 2 bridgehead atoms. The lowest BCUT2D eigenvalue weighted by Crippen LogP contribution is -2.82. The topological polar surface area (TPSA) is 227 Å². The molecule has 3 fully saturated rings. The van der Waals surface area contributed by atoms with Gasteiger partial charge in [0, 0.05) is 44.1 Å². The van der Waals surface area contributed by atoms with E-state index in [4.69, 9.17) is 28.4 Å². The molecule has 1 aliphatic heterocycles. The molecule has 3 aliphatic carbocycles. The predicted octanol–water partition coefficient (Wildman–Crippen LogP) is 7.04. The summed E-state index contributed by atoms with van der Waals surface area (Å²) >= 11 is 0. The Morgan fingerprint density at radius 1 is 0.792 bits per heavy atom. The van der Waals surface area contributed by atoms with Gasteiger partial charge in [-0.15, -0.1) is 0 Å². The number of esters is 5. The zero-order valence-electron chi connectivity index (χ0n) is 42.1. The summed E-state index contributed by atoms with van der Waals surface area (Å²) in [7, 11) is 0. The van der Waals surface area contributed by atoms with Crippen LogP contribution in [0.5, 0.6) is 0 Å². The molecule has 1 amide bonds. The molecule has 4 aliphatic rings. The van der Waals surface area contributed by atoms with Gasteiger partial charge in [0.15, 0.2) is 17.5 Å². The number of aliphatic hydroxyl groups excluding tert-OH is 1. The summed E-state index contributed by atoms with van der Waals surface area (Å²) in [4.78, 5) is 99.7. The Labute approximate surface area is 420 Å². The van der Waals surface area contributed by atoms with Crippen LogP contribution in [0, 0.1) is 16.7 Å². The second-order valence-electron chi connectivity index (χ2n) is 20.3. The first-order valence-electron chi connectivity index (χ1n) is 24.9. The Morgan fingerprint density at radius 2 is 1.39 bits per heavy atom. The Bertz CT molecular complexity index is 2530. The third kappa shape index (κ3) is 10.2. The summed E-state index contributed by atoms with van der Waals surface area (Å²) in [5.74, 6) is -7.54. The summed E-state index contributed by atoms with van der Waals surface area (Å²) in [6, 6.07) is 23.2. The molecule has 2 unspecified atom stereocenters. The van der Waals surface area contributed by atoms with E-state index in [2.05, 4.69) is 12.2 Å². The first-order valence-corrected chi connectivity index (χ1v) is 24.9. The second kappa shape index (κ2) is 21.9. The average Bonchev–Trinajstić information content (AvgIpc) is 3.35. The van der Waals surface area contributed by atoms with Crippen molar-refractivity contribution in [1.82, 2.24) is 5.32 Å². The minimum absolute atomic E-state index is 0.0102. The van der Waals surface area contributed by atoms with Gasteiger partial charge in [0.2, 0.25) is 6.10 Å². The van der Waals surface area contributed by atoms with Gasteiger partial charge < -0.3 is 44.0 Å². The summed E-state index contributed by atoms with van der Waals surface area (Å²) in [6.07, 6.45) is -5.35. The van der Waals surface area contributed by atoms with E-state index in [0.29, 0.717) is 12.0 Å². The van der Waals surface area contributed by atoms with Crippen LogP contribution in [-0.4, -0.2) is 106 Å². The molecule has 0 radical (unpaired) electrons. The molecule has 16 heteroatoms. The summed E-state index contributed by atoms with van der Waals surface area (Å²) in [5.41, 5.74) is -7.16. The van der Waals surface area contributed by atoms with E-state index in [-0.39, 0.29) is 41.7 Å². The highest BCUT2D eigenvalue weighted by Crippen LogP contribution is 2.64. The van der Waals surface area contributed by atoms with Gasteiger partial charge in [-0.2, -0.15) is 0 Å². The number of aliphatic hydroxyl groups is 2. The van der Waals surface area contributed by atoms with Gasteiger partial charge >= 0.3 is 29.8 Å². The van der Waals surface area contributed by atoms with E-state index < -0.39 is 119 Å². The minimum atomic E-state index is -2.43. The summed E-state index contributed by atoms with van der Waals surface area (Å²) < 4.78 is 37.0. The third-order valence-electron chi connectivity index (χ3n) is 15.5. The van der Waals surface area contributed by atoms with Crippen molar-refractivity contribution < 1.29 is 72.2 Å². The van der Waals surface area contributed by atoms with E-state index >= 15 is 9.59 Å². The molecule has 3 N–H and O–H groups in total. The number of ketones is 1. The molecule has 0 spiro atoms. The number of rotatable bonds is 18. The molecule has 0 aromatic heterocycles. The van der Waals surface area contributed by atoms with Crippen LogP contribution in [0.2, 0.25) is 0 Å². The number of Topliss-reactive ketones (excluding diaryl/α,β-unsaturated/α-hetero) is 1. The third-order valence-corrected chi connectivity index (χ3v) is 15.5. The second-order valence-corrected chi connectivity index (χ2v) is 20.3. The van der Waals surface area contributed by atoms with Crippen LogP contribution >= 0.6 is 0 Å². The van der Waals surface area contributed by atoms with Crippen molar-refractivity contribution in [2.75, 3.05) is 6.61 Å². The molecule has 11 atom stereocenters. The maximum absolute atomic E-state index is 15.7. The fourth-order valence-corrected chi connectivity index (χ4v) is 11.5. The number of ether oxygens (including phenoxy) is 6. The van der Waals surface area contributed by atoms with Gasteiger partial charge in [-0.3, -0.25) is 24.0 Å². The summed E-state index contributed by atoms with van der Waals surface area (Å²) in [6.45, 7) is 10.1. The lowest BCUT2D eigenvalue weighted by Gasteiger charge is -2.67. The zero-order valence-corrected chi connectivity index (χ0v) is 42.1. The number of hydrogen-bond acceptors (Lipinski definition) is 15. The molecule has 3 aromatic carbocycles. The van der Waals surface area contributed by atoms with E-state index in [0.717, 1.165) is 46.0 Å². The first-order chi connectivity index (χ1) is 34.2. The van der Waals surface area contributed by atoms with Gasteiger partial charge in [-0.25, -0.2) is 9.59 Å². The molecule has 72 heavy (non-hydrogen) atoms. The molecule has 1 saturated heterocycles. The number of carbonyl (C=O) groups is 7. The largest absolute Gasteiger partial charge is 0.455 e. The van der Waals surface area contributed by atoms with Gasteiger partial charge in [0.05, 0.1) is 29.6 Å². The lowest BCUT2D eigenvalue weighted by atomic mass is 9.44. The highest BCUT2D eigenvalue weighted by molar-refractivity contribution is 5.96. The van der Waals surface area contributed by atoms with E-state index in [1.54, 1.807) is 99.6 Å². The molecular weight excluding hydrogens is 927 g/mol. The van der Waals surface area contributed by atoms with Crippen LogP contribution in [-0.2, 0) is 52.4 Å². The summed E-state index contributed by atoms with van der Waals surface area (Å²) in [5, 5.41) is 29.1. The number of nitrogens with one attached hydrogen (secondary N) is 1. The highest BCUT2D eigenvalue weighted by atomic mass is 16.6. The monoisotopic (exact) mass is 993 g/mol. The molecule has 7 rings (SSSR count). The predicted molar refractivity (Wildman–Crippen MR) is 260 cm³/mol. The zero-order chi connectivity index (χ0) is 52.2. The van der Waals surface area contributed by atoms with Crippen molar-refractivity contribution in [3.8, 4) is 0 Å². The van der Waals surface area contributed by atoms with Crippen molar-refractivity contribution in [3.63, 3.8) is 0 Å². The molecule has 3 aromatic rings. The number of benzene rings is 3. The molecule has 16 nitrogen and oxygen atoms in total. The molecule has 386 valence electrons. The highest BCUT2D eigenvalue weighted by Gasteiger charge is 2.78. The Hall–Kier alpha value is -6.23. The van der Waals surface area contributed by atoms with Crippen molar-refractivity contribution in [2.45, 2.75) is 160 Å². The molecular formula is C56H67NO15. The minimum Gasteiger partial charge on any atom is -0.455 e. The Balaban J connectivity index is 1.39. The van der Waals surface area contributed by atoms with E-state index in [1.807, 2.05) is 0 Å². The maximum atomic E-state index is 15.7. The van der Waals surface area contributed by atoms with Crippen molar-refractivity contribution in [2.24, 2.45) is 16.7 Å². The van der Waals surface area contributed by atoms with Crippen molar-refractivity contribution in [1.29, 1.82) is 0 Å². The van der Waals surface area contributed by atoms with Crippen LogP contribution in [0.1, 0.15) is 139 Å². The lowest BCUT2D eigenvalue weighted by molar-refractivity contribution is -0.346. The number of hydrogen-bond donors (Lipinski definition) is 3. The fourth-order valence-electron chi connectivity index (χ4n) is 11.5. The average molecular weight is 994 g/mol. The van der Waals surface area contributed by atoms with Gasteiger partial charge in [0.25, 0.3) is 5.91 Å². The Morgan fingerprint density at radius 3 is 1.97 bits per heavy atom. The van der Waals surface area contributed by atoms with E-state index in [1.165, 1.54) is 19.1 Å². The SMILES string of the molecule is CCCCCCCCC(=O)O[C@@H](C(=O)O[C@H]1C[C@@]2(O)C(OC(=O)c3ccccc3)C3[C@](C)(C(=O)[C@H](OC(C)=O)C(=C1C)C2(C)C)[C@@H](O)C[C@H]1OC[C@@]31OC(C)=O)[C@@H](NC(=O)c1ccccc1)c1ccccc1. The number of carbonyl (C=O) groups excluding carboxylic acids is 7. The normalized spacial score (nSPS) is 29.0. The van der Waals surface area contributed by atoms with Crippen LogP contribution in [0.15, 0.2) is 102 Å². The van der Waals surface area contributed by atoms with Crippen LogP contribution < -0.4 is 5.32 Å². The quantitative estimate of drug-likeness (QED) is 0.0503. The van der Waals surface area contributed by atoms with Gasteiger partial charge in [-0.1, -0.05) is 120 Å². The number of unbranched alkanes of at least 4 members (excludes halogenated alkanes) is 5. The maximum Gasteiger partial charge on any atom is 0.350 e. The number of fused-ring (bicyclic) bond motifs is 5. The number of amides is 1. The van der Waals surface area contributed by atoms with Crippen LogP contribution in [0.4, 0.5) is 0 Å². The van der Waals surface area contributed by atoms with E-state index in [9.17, 15) is 34.2 Å². The molecule has 2 saturated carbocycles. The van der Waals surface area contributed by atoms with Crippen LogP contribution in [0.3, 0.4) is 0 Å². The molecule has 1 heterocycles. The van der Waals surface area contributed by atoms with Gasteiger partial charge in [-0.05, 0) is 61.2 Å². The first kappa shape index (κ1) is 53.6. The Kier molecular flexibility index (Phi) is 16.3. The van der Waals surface area contributed by atoms with Crippen molar-refractivity contribution >= 4 is 41.5 Å².